The molecule has 5 aromatic rings. The van der Waals surface area contributed by atoms with Gasteiger partial charge in [0.25, 0.3) is 5.89 Å². The zero-order chi connectivity index (χ0) is 24.5. The summed E-state index contributed by atoms with van der Waals surface area (Å²) in [6.07, 6.45) is 2.54. The number of imidazole rings is 1. The molecule has 1 aromatic carbocycles. The number of nitrogens with zero attached hydrogens (tertiary/aromatic N) is 7. The number of hydrogen-bond donors (Lipinski definition) is 1. The number of rotatable bonds is 6. The number of benzene rings is 1. The van der Waals surface area contributed by atoms with Gasteiger partial charge in [0.05, 0.1) is 11.0 Å². The Labute approximate surface area is 209 Å². The van der Waals surface area contributed by atoms with Crippen LogP contribution in [-0.2, 0) is 13.0 Å². The molecule has 6 rings (SSSR count). The van der Waals surface area contributed by atoms with Crippen LogP contribution in [0, 0.1) is 13.8 Å². The Morgan fingerprint density at radius 3 is 2.64 bits per heavy atom. The van der Waals surface area contributed by atoms with Gasteiger partial charge < -0.3 is 14.4 Å². The van der Waals surface area contributed by atoms with Crippen LogP contribution in [0.5, 0.6) is 0 Å². The molecule has 0 unspecified atom stereocenters. The van der Waals surface area contributed by atoms with Gasteiger partial charge >= 0.3 is 0 Å². The quantitative estimate of drug-likeness (QED) is 0.390. The molecule has 36 heavy (non-hydrogen) atoms. The highest BCUT2D eigenvalue weighted by Gasteiger charge is 2.18. The number of aryl methyl sites for hydroxylation is 2. The lowest BCUT2D eigenvalue weighted by Crippen LogP contribution is -2.46. The fourth-order valence-electron chi connectivity index (χ4n) is 4.69. The Morgan fingerprint density at radius 1 is 0.944 bits per heavy atom. The normalized spacial score (nSPS) is 14.6. The van der Waals surface area contributed by atoms with E-state index < -0.39 is 0 Å². The minimum absolute atomic E-state index is 0.510. The van der Waals surface area contributed by atoms with Crippen LogP contribution in [0.1, 0.15) is 28.6 Å². The molecule has 0 bridgehead atoms. The third-order valence-corrected chi connectivity index (χ3v) is 6.51. The van der Waals surface area contributed by atoms with Gasteiger partial charge in [0.1, 0.15) is 11.6 Å². The first kappa shape index (κ1) is 22.4. The first-order valence-corrected chi connectivity index (χ1v) is 12.2. The smallest absolute Gasteiger partial charge is 0.257 e. The summed E-state index contributed by atoms with van der Waals surface area (Å²) in [6, 6.07) is 16.4. The van der Waals surface area contributed by atoms with Crippen LogP contribution >= 0.6 is 0 Å². The number of aromatic nitrogens is 6. The molecule has 1 N–H and O–H groups in total. The first-order valence-electron chi connectivity index (χ1n) is 12.2. The van der Waals surface area contributed by atoms with Crippen molar-refractivity contribution in [1.29, 1.82) is 0 Å². The van der Waals surface area contributed by atoms with Gasteiger partial charge in [-0.15, -0.1) is 0 Å². The highest BCUT2D eigenvalue weighted by molar-refractivity contribution is 5.80. The molecule has 0 atom stereocenters. The highest BCUT2D eigenvalue weighted by Crippen LogP contribution is 2.23. The van der Waals surface area contributed by atoms with Crippen LogP contribution in [0.2, 0.25) is 0 Å². The summed E-state index contributed by atoms with van der Waals surface area (Å²) in [4.78, 5) is 26.6. The summed E-state index contributed by atoms with van der Waals surface area (Å²) >= 11 is 0. The van der Waals surface area contributed by atoms with Gasteiger partial charge in [0, 0.05) is 62.3 Å². The third-order valence-electron chi connectivity index (χ3n) is 6.51. The van der Waals surface area contributed by atoms with Crippen molar-refractivity contribution in [1.82, 2.24) is 35.0 Å². The van der Waals surface area contributed by atoms with Gasteiger partial charge in [-0.3, -0.25) is 9.88 Å². The van der Waals surface area contributed by atoms with Gasteiger partial charge in [0.15, 0.2) is 5.82 Å². The average Bonchev–Trinajstić information content (AvgIpc) is 3.49. The molecule has 0 amide bonds. The number of piperazine rings is 1. The number of nitrogens with one attached hydrogen (secondary N) is 1. The summed E-state index contributed by atoms with van der Waals surface area (Å²) < 4.78 is 5.30. The van der Waals surface area contributed by atoms with E-state index in [1.54, 1.807) is 0 Å². The topological polar surface area (TPSA) is 99.9 Å². The predicted octanol–water partition coefficient (Wildman–Crippen LogP) is 3.93. The molecule has 182 valence electrons. The van der Waals surface area contributed by atoms with Gasteiger partial charge in [-0.05, 0) is 61.9 Å². The van der Waals surface area contributed by atoms with E-state index in [-0.39, 0.29) is 0 Å². The van der Waals surface area contributed by atoms with Crippen molar-refractivity contribution in [3.63, 3.8) is 0 Å². The number of H-pyrrole nitrogens is 1. The molecule has 5 heterocycles. The monoisotopic (exact) mass is 480 g/mol. The number of pyridine rings is 2. The molecule has 1 aliphatic heterocycles. The van der Waals surface area contributed by atoms with Gasteiger partial charge in [-0.2, -0.15) is 4.98 Å². The van der Waals surface area contributed by atoms with E-state index in [9.17, 15) is 0 Å². The molecule has 1 aliphatic rings. The lowest BCUT2D eigenvalue weighted by molar-refractivity contribution is 0.249. The van der Waals surface area contributed by atoms with Crippen molar-refractivity contribution in [3.05, 3.63) is 83.3 Å². The number of hydrogen-bond acceptors (Lipinski definition) is 8. The number of anilines is 1. The van der Waals surface area contributed by atoms with Crippen molar-refractivity contribution in [2.75, 3.05) is 31.1 Å². The van der Waals surface area contributed by atoms with Crippen LogP contribution in [-0.4, -0.2) is 61.2 Å². The fourth-order valence-corrected chi connectivity index (χ4v) is 4.69. The summed E-state index contributed by atoms with van der Waals surface area (Å²) in [5.41, 5.74) is 6.05. The van der Waals surface area contributed by atoms with Crippen molar-refractivity contribution in [2.24, 2.45) is 0 Å². The highest BCUT2D eigenvalue weighted by atomic mass is 16.5. The first-order chi connectivity index (χ1) is 17.6. The van der Waals surface area contributed by atoms with E-state index in [0.29, 0.717) is 18.1 Å². The number of aromatic amines is 1. The molecule has 1 saturated heterocycles. The zero-order valence-corrected chi connectivity index (χ0v) is 20.5. The van der Waals surface area contributed by atoms with Crippen LogP contribution in [0.4, 0.5) is 5.82 Å². The molecule has 9 heteroatoms. The largest absolute Gasteiger partial charge is 0.354 e. The molecule has 0 spiro atoms. The Balaban J connectivity index is 1.10. The fraction of sp³-hybridized carbons (Fsp3) is 0.296. The molecule has 4 aromatic heterocycles. The van der Waals surface area contributed by atoms with Crippen molar-refractivity contribution in [3.8, 4) is 11.5 Å². The SMILES string of the molecule is Cc1cccc(N2CCN(Cc3ccnc(Cc4nc5ccc(-c6nc(C)no6)cc5[nH]4)c3)CC2)n1. The van der Waals surface area contributed by atoms with Gasteiger partial charge in [-0.1, -0.05) is 11.2 Å². The minimum atomic E-state index is 0.510. The maximum atomic E-state index is 5.30. The van der Waals surface area contributed by atoms with Crippen LogP contribution in [0.3, 0.4) is 0 Å². The molecule has 9 nitrogen and oxygen atoms in total. The predicted molar refractivity (Wildman–Crippen MR) is 138 cm³/mol. The van der Waals surface area contributed by atoms with Crippen molar-refractivity contribution < 1.29 is 4.52 Å². The molecule has 1 fully saturated rings. The Bertz CT molecular complexity index is 1500. The molecule has 0 radical (unpaired) electrons. The zero-order valence-electron chi connectivity index (χ0n) is 20.5. The average molecular weight is 481 g/mol. The van der Waals surface area contributed by atoms with E-state index in [0.717, 1.165) is 72.4 Å². The van der Waals surface area contributed by atoms with Crippen LogP contribution in [0.25, 0.3) is 22.5 Å². The summed E-state index contributed by atoms with van der Waals surface area (Å²) in [5, 5.41) is 3.88. The van der Waals surface area contributed by atoms with Gasteiger partial charge in [0.2, 0.25) is 0 Å². The van der Waals surface area contributed by atoms with E-state index >= 15 is 0 Å². The molecule has 0 saturated carbocycles. The second-order valence-corrected chi connectivity index (χ2v) is 9.29. The van der Waals surface area contributed by atoms with Crippen LogP contribution < -0.4 is 4.90 Å². The Kier molecular flexibility index (Phi) is 5.90. The van der Waals surface area contributed by atoms with E-state index in [1.165, 1.54) is 5.56 Å². The third kappa shape index (κ3) is 4.83. The molecule has 0 aliphatic carbocycles. The minimum Gasteiger partial charge on any atom is -0.354 e. The van der Waals surface area contributed by atoms with Gasteiger partial charge in [-0.25, -0.2) is 9.97 Å². The maximum Gasteiger partial charge on any atom is 0.257 e. The second kappa shape index (κ2) is 9.50. The Morgan fingerprint density at radius 2 is 1.83 bits per heavy atom. The number of fused-ring (bicyclic) bond motifs is 1. The standard InChI is InChI=1S/C27H28N8O/c1-18-4-3-5-26(29-18)35-12-10-34(11-13-35)17-20-8-9-28-22(14-20)16-25-31-23-7-6-21(15-24(23)32-25)27-30-19(2)33-36-27/h3-9,14-15H,10-13,16-17H2,1-2H3,(H,31,32). The summed E-state index contributed by atoms with van der Waals surface area (Å²) in [7, 11) is 0. The lowest BCUT2D eigenvalue weighted by atomic mass is 10.1. The summed E-state index contributed by atoms with van der Waals surface area (Å²) in [5.74, 6) is 3.08. The van der Waals surface area contributed by atoms with Crippen LogP contribution in [0.15, 0.2) is 59.3 Å². The molecular weight excluding hydrogens is 452 g/mol. The Hall–Kier alpha value is -4.11. The second-order valence-electron chi connectivity index (χ2n) is 9.29. The van der Waals surface area contributed by atoms with E-state index in [2.05, 4.69) is 59.2 Å². The summed E-state index contributed by atoms with van der Waals surface area (Å²) in [6.45, 7) is 8.76. The van der Waals surface area contributed by atoms with E-state index in [4.69, 9.17) is 9.51 Å². The molecular formula is C27H28N8O. The van der Waals surface area contributed by atoms with E-state index in [1.807, 2.05) is 44.3 Å². The lowest BCUT2D eigenvalue weighted by Gasteiger charge is -2.35. The van der Waals surface area contributed by atoms with Crippen molar-refractivity contribution in [2.45, 2.75) is 26.8 Å². The van der Waals surface area contributed by atoms with Crippen molar-refractivity contribution >= 4 is 16.9 Å². The maximum absolute atomic E-state index is 5.30.